The topological polar surface area (TPSA) is 129 Å². The number of hydrogen-bond donors (Lipinski definition) is 2. The lowest BCUT2D eigenvalue weighted by molar-refractivity contribution is -0.138. The summed E-state index contributed by atoms with van der Waals surface area (Å²) in [5.74, 6) is -2.20. The molecule has 39 heavy (non-hydrogen) atoms. The van der Waals surface area contributed by atoms with Crippen LogP contribution in [-0.2, 0) is 9.59 Å². The number of nitrogens with zero attached hydrogens (tertiary/aromatic N) is 3. The van der Waals surface area contributed by atoms with Crippen molar-refractivity contribution in [2.24, 2.45) is 0 Å². The molecule has 2 N–H and O–H groups in total. The van der Waals surface area contributed by atoms with Gasteiger partial charge in [0.2, 0.25) is 0 Å². The Bertz CT molecular complexity index is 1360. The van der Waals surface area contributed by atoms with Crippen molar-refractivity contribution in [2.45, 2.75) is 32.0 Å². The maximum atomic E-state index is 13.9. The predicted octanol–water partition coefficient (Wildman–Crippen LogP) is 3.05. The lowest BCUT2D eigenvalue weighted by Gasteiger charge is -2.43. The molecule has 3 aromatic rings. The molecule has 202 valence electrons. The number of aromatic nitrogens is 1. The largest absolute Gasteiger partial charge is 0.497 e. The number of ether oxygens (including phenoxy) is 1. The maximum Gasteiger partial charge on any atom is 0.305 e. The van der Waals surface area contributed by atoms with Crippen LogP contribution in [0.15, 0.2) is 73.1 Å². The number of hydrogen-bond acceptors (Lipinski definition) is 6. The molecule has 0 spiro atoms. The number of rotatable bonds is 8. The van der Waals surface area contributed by atoms with Gasteiger partial charge in [-0.2, -0.15) is 0 Å². The molecule has 10 heteroatoms. The normalized spacial score (nSPS) is 15.8. The number of carbonyl (C=O) groups excluding carboxylic acids is 3. The first kappa shape index (κ1) is 27.3. The molecule has 1 aliphatic rings. The number of carboxylic acids is 1. The fourth-order valence-electron chi connectivity index (χ4n) is 4.67. The minimum Gasteiger partial charge on any atom is -0.497 e. The number of benzene rings is 2. The Morgan fingerprint density at radius 1 is 1.00 bits per heavy atom. The van der Waals surface area contributed by atoms with Gasteiger partial charge in [-0.25, -0.2) is 0 Å². The van der Waals surface area contributed by atoms with Crippen LogP contribution in [0.2, 0.25) is 0 Å². The average Bonchev–Trinajstić information content (AvgIpc) is 2.95. The quantitative estimate of drug-likeness (QED) is 0.458. The van der Waals surface area contributed by atoms with Crippen molar-refractivity contribution in [1.29, 1.82) is 0 Å². The third kappa shape index (κ3) is 6.40. The molecule has 3 amide bonds. The molecule has 0 radical (unpaired) electrons. The van der Waals surface area contributed by atoms with E-state index in [9.17, 15) is 24.3 Å². The van der Waals surface area contributed by atoms with Crippen LogP contribution in [0.25, 0.3) is 0 Å². The van der Waals surface area contributed by atoms with Crippen molar-refractivity contribution < 1.29 is 29.0 Å². The molecule has 2 aromatic carbocycles. The third-order valence-electron chi connectivity index (χ3n) is 6.51. The number of aliphatic carboxylic acids is 1. The highest BCUT2D eigenvalue weighted by Gasteiger charge is 2.41. The Morgan fingerprint density at radius 2 is 1.69 bits per heavy atom. The summed E-state index contributed by atoms with van der Waals surface area (Å²) in [4.78, 5) is 59.6. The zero-order chi connectivity index (χ0) is 27.9. The van der Waals surface area contributed by atoms with Crippen LogP contribution in [0.4, 0.5) is 0 Å². The summed E-state index contributed by atoms with van der Waals surface area (Å²) in [6, 6.07) is 16.1. The second-order valence-corrected chi connectivity index (χ2v) is 9.27. The van der Waals surface area contributed by atoms with Gasteiger partial charge in [0.05, 0.1) is 25.1 Å². The zero-order valence-corrected chi connectivity index (χ0v) is 21.7. The van der Waals surface area contributed by atoms with E-state index in [-0.39, 0.29) is 25.1 Å². The van der Waals surface area contributed by atoms with Crippen LogP contribution < -0.4 is 10.1 Å². The molecular formula is C29H30N4O6. The zero-order valence-electron chi connectivity index (χ0n) is 21.7. The molecule has 2 heterocycles. The first-order valence-electron chi connectivity index (χ1n) is 12.5. The summed E-state index contributed by atoms with van der Waals surface area (Å²) in [5.41, 5.74) is 2.07. The molecular weight excluding hydrogens is 500 g/mol. The SMILES string of the molecule is COc1cccc(C(=O)N2CCCN(C(=O)c3cccnc3)C2C(=O)NC(CC(=O)O)c2cccc(C)c2)c1. The number of aryl methyl sites for hydroxylation is 1. The van der Waals surface area contributed by atoms with Crippen LogP contribution >= 0.6 is 0 Å². The Morgan fingerprint density at radius 3 is 2.33 bits per heavy atom. The van der Waals surface area contributed by atoms with Gasteiger partial charge in [0.25, 0.3) is 17.7 Å². The van der Waals surface area contributed by atoms with Gasteiger partial charge in [0, 0.05) is 31.0 Å². The van der Waals surface area contributed by atoms with Gasteiger partial charge in [-0.3, -0.25) is 24.2 Å². The molecule has 2 atom stereocenters. The van der Waals surface area contributed by atoms with Gasteiger partial charge < -0.3 is 25.0 Å². The van der Waals surface area contributed by atoms with E-state index < -0.39 is 35.9 Å². The molecule has 0 aliphatic carbocycles. The summed E-state index contributed by atoms with van der Waals surface area (Å²) in [6.07, 6.45) is 1.70. The number of amides is 3. The Hall–Kier alpha value is -4.73. The van der Waals surface area contributed by atoms with Gasteiger partial charge >= 0.3 is 5.97 Å². The highest BCUT2D eigenvalue weighted by Crippen LogP contribution is 2.25. The maximum absolute atomic E-state index is 13.9. The average molecular weight is 531 g/mol. The van der Waals surface area contributed by atoms with Gasteiger partial charge in [-0.05, 0) is 49.2 Å². The summed E-state index contributed by atoms with van der Waals surface area (Å²) in [5, 5.41) is 12.4. The van der Waals surface area contributed by atoms with E-state index in [1.54, 1.807) is 54.6 Å². The molecule has 2 unspecified atom stereocenters. The van der Waals surface area contributed by atoms with Crippen molar-refractivity contribution in [1.82, 2.24) is 20.1 Å². The Labute approximate surface area is 226 Å². The number of pyridine rings is 1. The fraction of sp³-hybridized carbons (Fsp3) is 0.276. The van der Waals surface area contributed by atoms with Crippen LogP contribution in [-0.4, -0.2) is 69.9 Å². The minimum atomic E-state index is -1.31. The standard InChI is InChI=1S/C29H30N4O6/c1-19-7-3-8-20(15-19)24(17-25(34)35)31-26(36)27-32(28(37)21-9-4-11-23(16-21)39-2)13-6-14-33(27)29(38)22-10-5-12-30-18-22/h3-5,7-12,15-16,18,24,27H,6,13-14,17H2,1-2H3,(H,31,36)(H,34,35). The number of methoxy groups -OCH3 is 1. The second-order valence-electron chi connectivity index (χ2n) is 9.27. The molecule has 1 saturated heterocycles. The smallest absolute Gasteiger partial charge is 0.305 e. The van der Waals surface area contributed by atoms with Crippen molar-refractivity contribution >= 4 is 23.7 Å². The molecule has 4 rings (SSSR count). The van der Waals surface area contributed by atoms with Crippen molar-refractivity contribution in [3.05, 3.63) is 95.3 Å². The van der Waals surface area contributed by atoms with Crippen LogP contribution in [0.1, 0.15) is 50.7 Å². The Balaban J connectivity index is 1.72. The molecule has 0 saturated carbocycles. The van der Waals surface area contributed by atoms with Gasteiger partial charge in [0.15, 0.2) is 6.17 Å². The summed E-state index contributed by atoms with van der Waals surface area (Å²) >= 11 is 0. The van der Waals surface area contributed by atoms with E-state index >= 15 is 0 Å². The second kappa shape index (κ2) is 12.2. The molecule has 0 bridgehead atoms. The summed E-state index contributed by atoms with van der Waals surface area (Å²) in [6.45, 7) is 2.31. The summed E-state index contributed by atoms with van der Waals surface area (Å²) < 4.78 is 5.25. The van der Waals surface area contributed by atoms with Gasteiger partial charge in [0.1, 0.15) is 5.75 Å². The van der Waals surface area contributed by atoms with E-state index in [1.807, 2.05) is 13.0 Å². The Kier molecular flexibility index (Phi) is 8.55. The van der Waals surface area contributed by atoms with E-state index in [0.717, 1.165) is 5.56 Å². The van der Waals surface area contributed by atoms with Crippen LogP contribution in [0, 0.1) is 6.92 Å². The fourth-order valence-corrected chi connectivity index (χ4v) is 4.67. The monoisotopic (exact) mass is 530 g/mol. The van der Waals surface area contributed by atoms with Gasteiger partial charge in [-0.1, -0.05) is 35.9 Å². The number of nitrogens with one attached hydrogen (secondary N) is 1. The first-order valence-corrected chi connectivity index (χ1v) is 12.5. The van der Waals surface area contributed by atoms with Crippen LogP contribution in [0.3, 0.4) is 0 Å². The highest BCUT2D eigenvalue weighted by atomic mass is 16.5. The number of carbonyl (C=O) groups is 4. The lowest BCUT2D eigenvalue weighted by Crippen LogP contribution is -2.63. The first-order chi connectivity index (χ1) is 18.8. The third-order valence-corrected chi connectivity index (χ3v) is 6.51. The van der Waals surface area contributed by atoms with Gasteiger partial charge in [-0.15, -0.1) is 0 Å². The van der Waals surface area contributed by atoms with E-state index in [2.05, 4.69) is 10.3 Å². The molecule has 10 nitrogen and oxygen atoms in total. The van der Waals surface area contributed by atoms with E-state index in [4.69, 9.17) is 4.74 Å². The minimum absolute atomic E-state index is 0.221. The van der Waals surface area contributed by atoms with E-state index in [1.165, 1.54) is 29.3 Å². The molecule has 1 aliphatic heterocycles. The lowest BCUT2D eigenvalue weighted by atomic mass is 10.0. The summed E-state index contributed by atoms with van der Waals surface area (Å²) in [7, 11) is 1.49. The van der Waals surface area contributed by atoms with Crippen molar-refractivity contribution in [3.63, 3.8) is 0 Å². The van der Waals surface area contributed by atoms with Crippen LogP contribution in [0.5, 0.6) is 5.75 Å². The number of carboxylic acid groups (broad SMARTS) is 1. The van der Waals surface area contributed by atoms with E-state index in [0.29, 0.717) is 23.3 Å². The predicted molar refractivity (Wildman–Crippen MR) is 142 cm³/mol. The highest BCUT2D eigenvalue weighted by molar-refractivity contribution is 6.01. The van der Waals surface area contributed by atoms with Crippen molar-refractivity contribution in [2.75, 3.05) is 20.2 Å². The van der Waals surface area contributed by atoms with Crippen molar-refractivity contribution in [3.8, 4) is 5.75 Å². The molecule has 1 fully saturated rings. The molecule has 1 aromatic heterocycles.